The fraction of sp³-hybridized carbons (Fsp3) is 0.500. The highest BCUT2D eigenvalue weighted by atomic mass is 79.9. The molecule has 1 rings (SSSR count). The summed E-state index contributed by atoms with van der Waals surface area (Å²) in [4.78, 5) is 10.2. The van der Waals surface area contributed by atoms with Crippen LogP contribution in [0, 0.1) is 0 Å². The standard InChI is InChI=1S/C8H13BrN4/c1-5(2)13(3)8-7(10)11-4-6(9)12-8/h4-5H,1-3H3,(H2,10,11). The van der Waals surface area contributed by atoms with E-state index in [2.05, 4.69) is 39.7 Å². The van der Waals surface area contributed by atoms with Gasteiger partial charge in [0.1, 0.15) is 4.60 Å². The molecule has 1 heterocycles. The Balaban J connectivity index is 3.05. The summed E-state index contributed by atoms with van der Waals surface area (Å²) in [5, 5.41) is 0. The van der Waals surface area contributed by atoms with Gasteiger partial charge in [-0.3, -0.25) is 0 Å². The number of hydrogen-bond acceptors (Lipinski definition) is 4. The number of rotatable bonds is 2. The minimum Gasteiger partial charge on any atom is -0.381 e. The summed E-state index contributed by atoms with van der Waals surface area (Å²) >= 11 is 3.26. The van der Waals surface area contributed by atoms with Gasteiger partial charge in [-0.25, -0.2) is 9.97 Å². The van der Waals surface area contributed by atoms with E-state index in [4.69, 9.17) is 5.73 Å². The average Bonchev–Trinajstić information content (AvgIpc) is 2.08. The molecule has 0 spiro atoms. The molecule has 5 heteroatoms. The van der Waals surface area contributed by atoms with Gasteiger partial charge < -0.3 is 10.6 Å². The summed E-state index contributed by atoms with van der Waals surface area (Å²) in [6.07, 6.45) is 1.59. The third kappa shape index (κ3) is 2.30. The molecule has 72 valence electrons. The van der Waals surface area contributed by atoms with Gasteiger partial charge in [0.05, 0.1) is 6.20 Å². The van der Waals surface area contributed by atoms with Crippen molar-refractivity contribution in [2.24, 2.45) is 0 Å². The van der Waals surface area contributed by atoms with Crippen LogP contribution in [-0.4, -0.2) is 23.1 Å². The Labute approximate surface area is 86.3 Å². The lowest BCUT2D eigenvalue weighted by Crippen LogP contribution is -2.27. The maximum Gasteiger partial charge on any atom is 0.172 e. The van der Waals surface area contributed by atoms with E-state index < -0.39 is 0 Å². The zero-order chi connectivity index (χ0) is 10.0. The SMILES string of the molecule is CC(C)N(C)c1nc(Br)cnc1N. The largest absolute Gasteiger partial charge is 0.381 e. The molecule has 13 heavy (non-hydrogen) atoms. The van der Waals surface area contributed by atoms with Crippen molar-refractivity contribution < 1.29 is 0 Å². The van der Waals surface area contributed by atoms with Crippen LogP contribution in [-0.2, 0) is 0 Å². The Hall–Kier alpha value is -0.840. The lowest BCUT2D eigenvalue weighted by molar-refractivity contribution is 0.741. The zero-order valence-electron chi connectivity index (χ0n) is 7.95. The van der Waals surface area contributed by atoms with Crippen molar-refractivity contribution in [2.75, 3.05) is 17.7 Å². The van der Waals surface area contributed by atoms with E-state index in [9.17, 15) is 0 Å². The van der Waals surface area contributed by atoms with Gasteiger partial charge in [0.25, 0.3) is 0 Å². The monoisotopic (exact) mass is 244 g/mol. The molecule has 0 radical (unpaired) electrons. The number of nitrogen functional groups attached to an aromatic ring is 1. The zero-order valence-corrected chi connectivity index (χ0v) is 9.54. The van der Waals surface area contributed by atoms with Crippen LogP contribution in [0.1, 0.15) is 13.8 Å². The molecule has 0 unspecified atom stereocenters. The lowest BCUT2D eigenvalue weighted by atomic mass is 10.3. The van der Waals surface area contributed by atoms with Crippen LogP contribution >= 0.6 is 15.9 Å². The second kappa shape index (κ2) is 3.91. The maximum absolute atomic E-state index is 5.69. The fourth-order valence-electron chi connectivity index (χ4n) is 0.872. The molecule has 0 bridgehead atoms. The molecule has 0 aromatic carbocycles. The number of nitrogens with zero attached hydrogens (tertiary/aromatic N) is 3. The van der Waals surface area contributed by atoms with E-state index in [-0.39, 0.29) is 0 Å². The van der Waals surface area contributed by atoms with Gasteiger partial charge in [0.15, 0.2) is 11.6 Å². The second-order valence-corrected chi connectivity index (χ2v) is 3.92. The quantitative estimate of drug-likeness (QED) is 0.860. The molecule has 0 aliphatic rings. The lowest BCUT2D eigenvalue weighted by Gasteiger charge is -2.23. The first kappa shape index (κ1) is 10.2. The highest BCUT2D eigenvalue weighted by Crippen LogP contribution is 2.20. The normalized spacial score (nSPS) is 10.5. The van der Waals surface area contributed by atoms with Crippen molar-refractivity contribution in [3.8, 4) is 0 Å². The predicted molar refractivity (Wildman–Crippen MR) is 57.7 cm³/mol. The second-order valence-electron chi connectivity index (χ2n) is 3.11. The van der Waals surface area contributed by atoms with E-state index in [0.717, 1.165) is 0 Å². The molecule has 2 N–H and O–H groups in total. The summed E-state index contributed by atoms with van der Waals surface area (Å²) in [6.45, 7) is 4.14. The van der Waals surface area contributed by atoms with E-state index in [0.29, 0.717) is 22.3 Å². The number of anilines is 2. The Morgan fingerprint density at radius 2 is 2.15 bits per heavy atom. The van der Waals surface area contributed by atoms with E-state index in [1.54, 1.807) is 6.20 Å². The first-order chi connectivity index (χ1) is 6.02. The van der Waals surface area contributed by atoms with Crippen LogP contribution in [0.2, 0.25) is 0 Å². The van der Waals surface area contributed by atoms with Gasteiger partial charge in [-0.1, -0.05) is 0 Å². The third-order valence-corrected chi connectivity index (χ3v) is 2.24. The molecule has 0 amide bonds. The molecule has 0 fully saturated rings. The molecule has 0 saturated carbocycles. The van der Waals surface area contributed by atoms with Crippen LogP contribution in [0.5, 0.6) is 0 Å². The van der Waals surface area contributed by atoms with Gasteiger partial charge in [0, 0.05) is 13.1 Å². The van der Waals surface area contributed by atoms with E-state index in [1.165, 1.54) is 0 Å². The smallest absolute Gasteiger partial charge is 0.172 e. The van der Waals surface area contributed by atoms with Gasteiger partial charge >= 0.3 is 0 Å². The van der Waals surface area contributed by atoms with Gasteiger partial charge in [-0.05, 0) is 29.8 Å². The summed E-state index contributed by atoms with van der Waals surface area (Å²) in [6, 6.07) is 0.353. The highest BCUT2D eigenvalue weighted by Gasteiger charge is 2.11. The predicted octanol–water partition coefficient (Wildman–Crippen LogP) is 1.67. The minimum absolute atomic E-state index is 0.353. The fourth-order valence-corrected chi connectivity index (χ4v) is 1.14. The molecular formula is C8H13BrN4. The minimum atomic E-state index is 0.353. The van der Waals surface area contributed by atoms with Crippen LogP contribution in [0.25, 0.3) is 0 Å². The highest BCUT2D eigenvalue weighted by molar-refractivity contribution is 9.10. The molecule has 1 aromatic rings. The summed E-state index contributed by atoms with van der Waals surface area (Å²) < 4.78 is 0.698. The van der Waals surface area contributed by atoms with Gasteiger partial charge in [0.2, 0.25) is 0 Å². The van der Waals surface area contributed by atoms with Crippen molar-refractivity contribution in [2.45, 2.75) is 19.9 Å². The Morgan fingerprint density at radius 1 is 1.54 bits per heavy atom. The van der Waals surface area contributed by atoms with Crippen molar-refractivity contribution in [1.82, 2.24) is 9.97 Å². The molecule has 0 atom stereocenters. The average molecular weight is 245 g/mol. The molecule has 1 aromatic heterocycles. The van der Waals surface area contributed by atoms with Crippen molar-refractivity contribution in [1.29, 1.82) is 0 Å². The number of aromatic nitrogens is 2. The topological polar surface area (TPSA) is 55.0 Å². The Morgan fingerprint density at radius 3 is 2.69 bits per heavy atom. The van der Waals surface area contributed by atoms with Crippen molar-refractivity contribution in [3.63, 3.8) is 0 Å². The summed E-state index contributed by atoms with van der Waals surface area (Å²) in [5.41, 5.74) is 5.69. The van der Waals surface area contributed by atoms with E-state index >= 15 is 0 Å². The number of nitrogens with two attached hydrogens (primary N) is 1. The maximum atomic E-state index is 5.69. The van der Waals surface area contributed by atoms with Crippen LogP contribution in [0.15, 0.2) is 10.8 Å². The summed E-state index contributed by atoms with van der Waals surface area (Å²) in [7, 11) is 1.94. The molecule has 0 saturated heterocycles. The Kier molecular flexibility index (Phi) is 3.08. The number of hydrogen-bond donors (Lipinski definition) is 1. The number of halogens is 1. The van der Waals surface area contributed by atoms with Gasteiger partial charge in [-0.15, -0.1) is 0 Å². The van der Waals surface area contributed by atoms with Crippen LogP contribution < -0.4 is 10.6 Å². The van der Waals surface area contributed by atoms with E-state index in [1.807, 2.05) is 11.9 Å². The third-order valence-electron chi connectivity index (χ3n) is 1.86. The van der Waals surface area contributed by atoms with Crippen molar-refractivity contribution >= 4 is 27.6 Å². The first-order valence-electron chi connectivity index (χ1n) is 4.03. The summed E-state index contributed by atoms with van der Waals surface area (Å²) in [5.74, 6) is 1.17. The molecule has 4 nitrogen and oxygen atoms in total. The van der Waals surface area contributed by atoms with Crippen LogP contribution in [0.3, 0.4) is 0 Å². The molecule has 0 aliphatic heterocycles. The molecule has 0 aliphatic carbocycles. The Bertz CT molecular complexity index is 300. The first-order valence-corrected chi connectivity index (χ1v) is 4.82. The molecular weight excluding hydrogens is 232 g/mol. The van der Waals surface area contributed by atoms with Crippen LogP contribution in [0.4, 0.5) is 11.6 Å². The van der Waals surface area contributed by atoms with Crippen molar-refractivity contribution in [3.05, 3.63) is 10.8 Å². The van der Waals surface area contributed by atoms with Gasteiger partial charge in [-0.2, -0.15) is 0 Å².